The van der Waals surface area contributed by atoms with Crippen molar-refractivity contribution < 1.29 is 31.9 Å². The van der Waals surface area contributed by atoms with E-state index in [2.05, 4.69) is 5.32 Å². The summed E-state index contributed by atoms with van der Waals surface area (Å²) in [4.78, 5) is 11.0. The van der Waals surface area contributed by atoms with Crippen LogP contribution in [-0.2, 0) is 11.9 Å². The van der Waals surface area contributed by atoms with Gasteiger partial charge in [-0.05, 0) is 23.8 Å². The molecule has 2 rings (SSSR count). The molecule has 0 amide bonds. The largest absolute Gasteiger partial charge is 0.478 e. The van der Waals surface area contributed by atoms with Crippen LogP contribution in [-0.4, -0.2) is 16.6 Å². The molecular formula is C16H12F5NO2S. The molecule has 25 heavy (non-hydrogen) atoms. The molecule has 0 saturated carbocycles. The van der Waals surface area contributed by atoms with Crippen LogP contribution in [0.5, 0.6) is 0 Å². The van der Waals surface area contributed by atoms with Crippen molar-refractivity contribution in [1.82, 2.24) is 0 Å². The van der Waals surface area contributed by atoms with Gasteiger partial charge in [0.1, 0.15) is 0 Å². The van der Waals surface area contributed by atoms with Crippen molar-refractivity contribution in [2.45, 2.75) is 11.9 Å². The van der Waals surface area contributed by atoms with Crippen molar-refractivity contribution in [3.05, 3.63) is 64.7 Å². The summed E-state index contributed by atoms with van der Waals surface area (Å²) in [5, 5.41) is 11.5. The van der Waals surface area contributed by atoms with Crippen molar-refractivity contribution in [2.24, 2.45) is 0 Å². The summed E-state index contributed by atoms with van der Waals surface area (Å²) < 4.78 is 63.7. The highest BCUT2D eigenvalue weighted by Crippen LogP contribution is 2.29. The van der Waals surface area contributed by atoms with Gasteiger partial charge in [-0.15, -0.1) is 0 Å². The van der Waals surface area contributed by atoms with Crippen molar-refractivity contribution in [2.75, 3.05) is 5.32 Å². The summed E-state index contributed by atoms with van der Waals surface area (Å²) in [6, 6.07) is 5.91. The second-order valence-corrected chi connectivity index (χ2v) is 5.87. The molecule has 2 aromatic carbocycles. The quantitative estimate of drug-likeness (QED) is 0.408. The Morgan fingerprint density at radius 3 is 2.28 bits per heavy atom. The number of halogens is 5. The van der Waals surface area contributed by atoms with Crippen LogP contribution in [0.15, 0.2) is 36.4 Å². The standard InChI is InChI=1S/C16H12F5NO2S/c17-12-5-11(15(23)24)14(6-13(12)18)22-8-25-7-9-1-3-10(4-2-9)16(19,20)21/h1-6,8,22,25H,7H2,(H,23,24). The number of alkyl halides is 3. The number of rotatable bonds is 5. The van der Waals surface area contributed by atoms with E-state index in [1.807, 2.05) is 0 Å². The van der Waals surface area contributed by atoms with Crippen LogP contribution in [0.1, 0.15) is 21.5 Å². The van der Waals surface area contributed by atoms with Crippen LogP contribution in [0.3, 0.4) is 0 Å². The Kier molecular flexibility index (Phi) is 5.78. The van der Waals surface area contributed by atoms with Gasteiger partial charge >= 0.3 is 12.1 Å². The Morgan fingerprint density at radius 2 is 1.72 bits per heavy atom. The fraction of sp³-hybridized carbons (Fsp3) is 0.125. The lowest BCUT2D eigenvalue weighted by Gasteiger charge is -2.07. The second kappa shape index (κ2) is 7.64. The molecule has 0 aliphatic carbocycles. The smallest absolute Gasteiger partial charge is 0.416 e. The molecule has 2 N–H and O–H groups in total. The van der Waals surface area contributed by atoms with E-state index in [1.165, 1.54) is 17.6 Å². The third kappa shape index (κ3) is 5.02. The number of benzene rings is 2. The molecule has 0 bridgehead atoms. The van der Waals surface area contributed by atoms with E-state index in [-0.39, 0.29) is 5.69 Å². The molecule has 0 heterocycles. The number of carboxylic acids is 1. The van der Waals surface area contributed by atoms with Crippen molar-refractivity contribution in [3.63, 3.8) is 0 Å². The molecule has 0 unspecified atom stereocenters. The zero-order valence-electron chi connectivity index (χ0n) is 12.4. The summed E-state index contributed by atoms with van der Waals surface area (Å²) in [6.45, 7) is 0. The van der Waals surface area contributed by atoms with Gasteiger partial charge < -0.3 is 10.4 Å². The third-order valence-corrected chi connectivity index (χ3v) is 4.02. The predicted molar refractivity (Wildman–Crippen MR) is 87.1 cm³/mol. The van der Waals surface area contributed by atoms with Crippen molar-refractivity contribution in [1.29, 1.82) is 0 Å². The Bertz CT molecular complexity index is 803. The van der Waals surface area contributed by atoms with Crippen LogP contribution < -0.4 is 5.32 Å². The van der Waals surface area contributed by atoms with Gasteiger partial charge in [-0.25, -0.2) is 13.6 Å². The highest BCUT2D eigenvalue weighted by atomic mass is 32.1. The fourth-order valence-electron chi connectivity index (χ4n) is 1.91. The minimum absolute atomic E-state index is 0.119. The molecule has 0 saturated heterocycles. The Hall–Kier alpha value is -2.42. The van der Waals surface area contributed by atoms with Gasteiger partial charge in [0.05, 0.1) is 16.8 Å². The normalized spacial score (nSPS) is 12.0. The molecule has 2 aromatic rings. The summed E-state index contributed by atoms with van der Waals surface area (Å²) in [7, 11) is 0. The van der Waals surface area contributed by atoms with Crippen LogP contribution in [0.2, 0.25) is 0 Å². The lowest BCUT2D eigenvalue weighted by atomic mass is 10.1. The summed E-state index contributed by atoms with van der Waals surface area (Å²) in [5.74, 6) is -3.53. The summed E-state index contributed by atoms with van der Waals surface area (Å²) >= 11 is 0.597. The summed E-state index contributed by atoms with van der Waals surface area (Å²) in [5.41, 5.74) is 0.738. The van der Waals surface area contributed by atoms with E-state index in [4.69, 9.17) is 5.11 Å². The number of carboxylic acid groups (broad SMARTS) is 1. The number of hydrogen-bond donors (Lipinski definition) is 3. The first-order chi connectivity index (χ1) is 11.7. The van der Waals surface area contributed by atoms with Crippen LogP contribution >= 0.6 is 11.4 Å². The van der Waals surface area contributed by atoms with Gasteiger partial charge in [0.2, 0.25) is 0 Å². The first-order valence-electron chi connectivity index (χ1n) is 6.82. The average molecular weight is 377 g/mol. The number of nitrogens with one attached hydrogen (secondary N) is 1. The molecule has 0 aliphatic rings. The lowest BCUT2D eigenvalue weighted by molar-refractivity contribution is -0.137. The average Bonchev–Trinajstić information content (AvgIpc) is 2.53. The van der Waals surface area contributed by atoms with Gasteiger partial charge in [-0.2, -0.15) is 24.5 Å². The Morgan fingerprint density at radius 1 is 1.12 bits per heavy atom. The van der Waals surface area contributed by atoms with E-state index < -0.39 is 34.9 Å². The van der Waals surface area contributed by atoms with E-state index in [0.717, 1.165) is 18.2 Å². The van der Waals surface area contributed by atoms with Gasteiger partial charge in [-0.1, -0.05) is 12.1 Å². The second-order valence-electron chi connectivity index (χ2n) is 4.93. The van der Waals surface area contributed by atoms with E-state index in [1.54, 1.807) is 0 Å². The third-order valence-electron chi connectivity index (χ3n) is 3.16. The number of aromatic carboxylic acids is 1. The summed E-state index contributed by atoms with van der Waals surface area (Å²) in [6.07, 6.45) is -4.40. The molecule has 0 atom stereocenters. The molecule has 9 heteroatoms. The molecule has 134 valence electrons. The highest BCUT2D eigenvalue weighted by Gasteiger charge is 2.29. The first-order valence-corrected chi connectivity index (χ1v) is 7.96. The topological polar surface area (TPSA) is 49.3 Å². The highest BCUT2D eigenvalue weighted by molar-refractivity contribution is 7.96. The lowest BCUT2D eigenvalue weighted by Crippen LogP contribution is -2.06. The SMILES string of the molecule is O=C(O)c1cc(F)c(F)cc1NC=[SH]Cc1ccc(C(F)(F)F)cc1. The Balaban J connectivity index is 2.04. The fourth-order valence-corrected chi connectivity index (χ4v) is 2.65. The first kappa shape index (κ1) is 18.9. The van der Waals surface area contributed by atoms with E-state index in [0.29, 0.717) is 28.7 Å². The molecule has 0 aliphatic heterocycles. The van der Waals surface area contributed by atoms with Gasteiger partial charge in [0.25, 0.3) is 0 Å². The zero-order valence-corrected chi connectivity index (χ0v) is 13.3. The van der Waals surface area contributed by atoms with Crippen molar-refractivity contribution in [3.8, 4) is 0 Å². The van der Waals surface area contributed by atoms with Gasteiger partial charge in [0.15, 0.2) is 11.6 Å². The molecule has 0 radical (unpaired) electrons. The van der Waals surface area contributed by atoms with Crippen LogP contribution in [0.4, 0.5) is 27.6 Å². The molecule has 0 aromatic heterocycles. The number of hydrogen-bond acceptors (Lipinski definition) is 1. The molecule has 0 fully saturated rings. The number of thiol groups is 1. The minimum atomic E-state index is -4.40. The zero-order chi connectivity index (χ0) is 18.6. The van der Waals surface area contributed by atoms with Gasteiger partial charge in [-0.3, -0.25) is 0 Å². The maximum absolute atomic E-state index is 13.2. The van der Waals surface area contributed by atoms with E-state index >= 15 is 0 Å². The molecule has 0 spiro atoms. The Labute approximate surface area is 143 Å². The van der Waals surface area contributed by atoms with Crippen LogP contribution in [0.25, 0.3) is 0 Å². The molecular weight excluding hydrogens is 365 g/mol. The van der Waals surface area contributed by atoms with Crippen LogP contribution in [0, 0.1) is 11.6 Å². The number of carbonyl (C=O) groups is 1. The molecule has 3 nitrogen and oxygen atoms in total. The minimum Gasteiger partial charge on any atom is -0.478 e. The maximum Gasteiger partial charge on any atom is 0.416 e. The van der Waals surface area contributed by atoms with E-state index in [9.17, 15) is 26.7 Å². The van der Waals surface area contributed by atoms with Crippen molar-refractivity contribution >= 4 is 28.5 Å². The van der Waals surface area contributed by atoms with Gasteiger partial charge in [0, 0.05) is 17.3 Å². The predicted octanol–water partition coefficient (Wildman–Crippen LogP) is 4.52. The monoisotopic (exact) mass is 377 g/mol. The number of anilines is 1. The maximum atomic E-state index is 13.2.